The Balaban J connectivity index is 4.59. The number of aliphatic hydroxyl groups is 2. The molecule has 0 radical (unpaired) electrons. The molecular formula is C41H67O10P. The summed E-state index contributed by atoms with van der Waals surface area (Å²) in [6.07, 6.45) is 41.6. The van der Waals surface area contributed by atoms with Gasteiger partial charge in [-0.2, -0.15) is 0 Å². The highest BCUT2D eigenvalue weighted by Crippen LogP contribution is 2.43. The van der Waals surface area contributed by atoms with Gasteiger partial charge in [0.1, 0.15) is 12.7 Å². The van der Waals surface area contributed by atoms with Gasteiger partial charge in [-0.15, -0.1) is 0 Å². The van der Waals surface area contributed by atoms with Crippen LogP contribution in [0.5, 0.6) is 0 Å². The fraction of sp³-hybridized carbons (Fsp3) is 0.610. The van der Waals surface area contributed by atoms with E-state index in [1.165, 1.54) is 38.5 Å². The van der Waals surface area contributed by atoms with Gasteiger partial charge in [-0.1, -0.05) is 131 Å². The van der Waals surface area contributed by atoms with Gasteiger partial charge < -0.3 is 24.6 Å². The topological polar surface area (TPSA) is 149 Å². The minimum atomic E-state index is -4.65. The number of phosphoric acid groups is 1. The summed E-state index contributed by atoms with van der Waals surface area (Å²) in [5.74, 6) is -1.11. The zero-order chi connectivity index (χ0) is 38.4. The lowest BCUT2D eigenvalue weighted by Crippen LogP contribution is -2.29. The van der Waals surface area contributed by atoms with Crippen LogP contribution in [0.3, 0.4) is 0 Å². The Bertz CT molecular complexity index is 1140. The van der Waals surface area contributed by atoms with Crippen molar-refractivity contribution in [2.45, 2.75) is 135 Å². The average molecular weight is 751 g/mol. The third-order valence-electron chi connectivity index (χ3n) is 7.31. The maximum Gasteiger partial charge on any atom is 0.472 e. The quantitative estimate of drug-likeness (QED) is 0.0251. The van der Waals surface area contributed by atoms with E-state index in [1.807, 2.05) is 24.3 Å². The van der Waals surface area contributed by atoms with E-state index in [-0.39, 0.29) is 19.4 Å². The van der Waals surface area contributed by atoms with Gasteiger partial charge in [-0.05, 0) is 64.2 Å². The molecule has 2 unspecified atom stereocenters. The molecule has 0 heterocycles. The fourth-order valence-corrected chi connectivity index (χ4v) is 5.18. The summed E-state index contributed by atoms with van der Waals surface area (Å²) in [6.45, 7) is 2.06. The monoisotopic (exact) mass is 750 g/mol. The summed E-state index contributed by atoms with van der Waals surface area (Å²) in [6, 6.07) is 0. The highest BCUT2D eigenvalue weighted by molar-refractivity contribution is 7.47. The molecule has 11 heteroatoms. The van der Waals surface area contributed by atoms with Gasteiger partial charge in [0.15, 0.2) is 6.10 Å². The summed E-state index contributed by atoms with van der Waals surface area (Å²) >= 11 is 0. The Hall–Kier alpha value is -2.85. The second-order valence-electron chi connectivity index (χ2n) is 12.2. The van der Waals surface area contributed by atoms with Gasteiger partial charge in [-0.25, -0.2) is 4.57 Å². The number of unbranched alkanes of at least 4 members (excludes halogenated alkanes) is 6. The summed E-state index contributed by atoms with van der Waals surface area (Å²) in [5.41, 5.74) is 0. The van der Waals surface area contributed by atoms with Crippen molar-refractivity contribution in [1.29, 1.82) is 0 Å². The number of phosphoric ester groups is 1. The Morgan fingerprint density at radius 1 is 0.596 bits per heavy atom. The number of carbonyl (C=O) groups is 2. The molecule has 0 aromatic carbocycles. The Kier molecular flexibility index (Phi) is 34.5. The van der Waals surface area contributed by atoms with Crippen LogP contribution < -0.4 is 0 Å². The van der Waals surface area contributed by atoms with Crippen LogP contribution in [0.15, 0.2) is 85.1 Å². The molecule has 296 valence electrons. The Morgan fingerprint density at radius 3 is 1.60 bits per heavy atom. The van der Waals surface area contributed by atoms with Crippen molar-refractivity contribution in [3.05, 3.63) is 85.1 Å². The van der Waals surface area contributed by atoms with Gasteiger partial charge in [0, 0.05) is 12.8 Å². The van der Waals surface area contributed by atoms with Gasteiger partial charge in [0.2, 0.25) is 0 Å². The smallest absolute Gasteiger partial charge is 0.462 e. The molecule has 3 N–H and O–H groups in total. The first kappa shape index (κ1) is 49.1. The number of aliphatic hydroxyl groups excluding tert-OH is 2. The van der Waals surface area contributed by atoms with Crippen molar-refractivity contribution < 1.29 is 47.8 Å². The maximum atomic E-state index is 12.5. The van der Waals surface area contributed by atoms with Crippen molar-refractivity contribution >= 4 is 19.8 Å². The molecule has 0 amide bonds. The molecule has 0 aromatic heterocycles. The van der Waals surface area contributed by atoms with E-state index in [0.717, 1.165) is 44.9 Å². The first-order chi connectivity index (χ1) is 25.2. The summed E-state index contributed by atoms with van der Waals surface area (Å²) in [4.78, 5) is 34.7. The van der Waals surface area contributed by atoms with Crippen molar-refractivity contribution in [2.24, 2.45) is 0 Å². The van der Waals surface area contributed by atoms with E-state index in [2.05, 4.69) is 79.1 Å². The summed E-state index contributed by atoms with van der Waals surface area (Å²) in [5, 5.41) is 18.3. The molecule has 0 aliphatic rings. The van der Waals surface area contributed by atoms with Crippen LogP contribution in [0.4, 0.5) is 0 Å². The molecule has 0 saturated carbocycles. The Morgan fingerprint density at radius 2 is 1.06 bits per heavy atom. The van der Waals surface area contributed by atoms with Crippen LogP contribution in [0.1, 0.15) is 123 Å². The van der Waals surface area contributed by atoms with E-state index in [9.17, 15) is 24.2 Å². The van der Waals surface area contributed by atoms with Gasteiger partial charge >= 0.3 is 19.8 Å². The number of allylic oxidation sites excluding steroid dienone is 14. The van der Waals surface area contributed by atoms with Gasteiger partial charge in [0.25, 0.3) is 0 Å². The largest absolute Gasteiger partial charge is 0.472 e. The molecule has 10 nitrogen and oxygen atoms in total. The molecule has 0 spiro atoms. The predicted molar refractivity (Wildman–Crippen MR) is 209 cm³/mol. The molecule has 0 fully saturated rings. The third-order valence-corrected chi connectivity index (χ3v) is 8.26. The zero-order valence-electron chi connectivity index (χ0n) is 31.7. The van der Waals surface area contributed by atoms with E-state index >= 15 is 0 Å². The molecule has 0 rings (SSSR count). The first-order valence-corrected chi connectivity index (χ1v) is 20.5. The van der Waals surface area contributed by atoms with E-state index in [0.29, 0.717) is 12.8 Å². The molecule has 0 bridgehead atoms. The van der Waals surface area contributed by atoms with Gasteiger partial charge in [0.05, 0.1) is 19.8 Å². The molecule has 3 atom stereocenters. The van der Waals surface area contributed by atoms with Crippen LogP contribution >= 0.6 is 7.82 Å². The predicted octanol–water partition coefficient (Wildman–Crippen LogP) is 9.49. The minimum absolute atomic E-state index is 0.0580. The van der Waals surface area contributed by atoms with E-state index < -0.39 is 51.8 Å². The number of hydrogen-bond acceptors (Lipinski definition) is 9. The Labute approximate surface area is 313 Å². The average Bonchev–Trinajstić information content (AvgIpc) is 3.13. The van der Waals surface area contributed by atoms with Crippen LogP contribution in [-0.2, 0) is 32.7 Å². The number of carbonyl (C=O) groups excluding carboxylic acids is 2. The first-order valence-electron chi connectivity index (χ1n) is 19.0. The standard InChI is InChI=1S/C41H67O10P/c1-3-5-7-9-11-13-15-17-18-19-21-22-24-26-28-30-32-40(44)48-36-39(37-50-52(46,47)49-35-38(43)34-42)51-41(45)33-31-29-27-25-23-20-16-14-12-10-8-6-4-2/h5,7,11,13,17-18,20-23,26-29,38-39,42-43H,3-4,6,8-10,12,14-16,19,24-25,30-37H2,1-2H3,(H,46,47)/b7-5+,13-11+,18-17+,22-21+,23-20+,28-26+,29-27+/t38-,39?/m0/s1. The minimum Gasteiger partial charge on any atom is -0.462 e. The number of hydrogen-bond donors (Lipinski definition) is 3. The molecule has 0 aromatic rings. The van der Waals surface area contributed by atoms with Crippen LogP contribution in [-0.4, -0.2) is 65.7 Å². The third kappa shape index (κ3) is 35.5. The molecule has 0 aliphatic heterocycles. The number of esters is 2. The second kappa shape index (κ2) is 36.5. The summed E-state index contributed by atoms with van der Waals surface area (Å²) < 4.78 is 32.4. The van der Waals surface area contributed by atoms with Crippen molar-refractivity contribution in [3.63, 3.8) is 0 Å². The lowest BCUT2D eigenvalue weighted by Gasteiger charge is -2.20. The normalized spacial score (nSPS) is 14.9. The fourth-order valence-electron chi connectivity index (χ4n) is 4.39. The molecule has 52 heavy (non-hydrogen) atoms. The van der Waals surface area contributed by atoms with E-state index in [1.54, 1.807) is 0 Å². The van der Waals surface area contributed by atoms with Crippen LogP contribution in [0.25, 0.3) is 0 Å². The van der Waals surface area contributed by atoms with E-state index in [4.69, 9.17) is 19.1 Å². The number of ether oxygens (including phenoxy) is 2. The molecule has 0 aliphatic carbocycles. The summed E-state index contributed by atoms with van der Waals surface area (Å²) in [7, 11) is -4.65. The highest BCUT2D eigenvalue weighted by atomic mass is 31.2. The lowest BCUT2D eigenvalue weighted by molar-refractivity contribution is -0.161. The lowest BCUT2D eigenvalue weighted by atomic mass is 10.1. The second-order valence-corrected chi connectivity index (χ2v) is 13.7. The highest BCUT2D eigenvalue weighted by Gasteiger charge is 2.27. The van der Waals surface area contributed by atoms with Crippen LogP contribution in [0.2, 0.25) is 0 Å². The van der Waals surface area contributed by atoms with Crippen molar-refractivity contribution in [3.8, 4) is 0 Å². The zero-order valence-corrected chi connectivity index (χ0v) is 32.6. The van der Waals surface area contributed by atoms with Crippen molar-refractivity contribution in [1.82, 2.24) is 0 Å². The molecule has 0 saturated heterocycles. The SMILES string of the molecule is CC/C=C/C/C=C/C/C=C/C/C=C/C/C=C/CCC(=O)OCC(COP(=O)(O)OC[C@@H](O)CO)OC(=O)CC/C=C/C/C=C/CCCCCCCC. The van der Waals surface area contributed by atoms with Crippen LogP contribution in [0, 0.1) is 0 Å². The van der Waals surface area contributed by atoms with Crippen molar-refractivity contribution in [2.75, 3.05) is 26.4 Å². The maximum absolute atomic E-state index is 12.5. The van der Waals surface area contributed by atoms with Gasteiger partial charge in [-0.3, -0.25) is 18.6 Å². The molecular weight excluding hydrogens is 683 g/mol. The number of rotatable bonds is 34.